The van der Waals surface area contributed by atoms with Crippen LogP contribution < -0.4 is 5.32 Å². The minimum absolute atomic E-state index is 0.00839. The van der Waals surface area contributed by atoms with Gasteiger partial charge < -0.3 is 25.0 Å². The molecule has 46 heavy (non-hydrogen) atoms. The number of carboxylic acid groups (broad SMARTS) is 1. The van der Waals surface area contributed by atoms with Crippen LogP contribution in [0, 0.1) is 0 Å². The average Bonchev–Trinajstić information content (AvgIpc) is 3.52. The third-order valence-electron chi connectivity index (χ3n) is 7.84. The minimum atomic E-state index is -0.995. The fourth-order valence-electron chi connectivity index (χ4n) is 5.38. The number of aliphatic hydroxyl groups excluding tert-OH is 1. The summed E-state index contributed by atoms with van der Waals surface area (Å²) in [6, 6.07) is 31.9. The summed E-state index contributed by atoms with van der Waals surface area (Å²) in [7, 11) is 0. The number of nitrogens with one attached hydrogen (secondary N) is 1. The molecule has 1 aliphatic rings. The fourth-order valence-corrected chi connectivity index (χ4v) is 7.49. The van der Waals surface area contributed by atoms with E-state index in [4.69, 9.17) is 19.6 Å². The summed E-state index contributed by atoms with van der Waals surface area (Å²) >= 11 is 3.39. The second-order valence-corrected chi connectivity index (χ2v) is 13.4. The number of rotatable bonds is 12. The molecule has 1 saturated heterocycles. The molecule has 6 rings (SSSR count). The molecular formula is C36H34N2O6S2. The Morgan fingerprint density at radius 2 is 1.63 bits per heavy atom. The Labute approximate surface area is 275 Å². The third kappa shape index (κ3) is 8.01. The molecule has 236 valence electrons. The number of aliphatic hydroxyl groups is 1. The van der Waals surface area contributed by atoms with E-state index < -0.39 is 12.3 Å². The summed E-state index contributed by atoms with van der Waals surface area (Å²) in [5, 5.41) is 21.2. The molecule has 1 aliphatic heterocycles. The molecule has 5 aromatic rings. The zero-order valence-electron chi connectivity index (χ0n) is 25.0. The Hall–Kier alpha value is -4.06. The number of carbonyl (C=O) groups excluding carboxylic acids is 1. The van der Waals surface area contributed by atoms with Gasteiger partial charge in [0.05, 0.1) is 35.5 Å². The van der Waals surface area contributed by atoms with Crippen molar-refractivity contribution < 1.29 is 29.3 Å². The number of hydrogen-bond acceptors (Lipinski definition) is 8. The third-order valence-corrected chi connectivity index (χ3v) is 10.1. The highest BCUT2D eigenvalue weighted by atomic mass is 32.2. The van der Waals surface area contributed by atoms with E-state index >= 15 is 0 Å². The quantitative estimate of drug-likeness (QED) is 0.120. The van der Waals surface area contributed by atoms with Crippen molar-refractivity contribution in [2.45, 2.75) is 55.3 Å². The average molecular weight is 655 g/mol. The first-order chi connectivity index (χ1) is 22.4. The van der Waals surface area contributed by atoms with Crippen LogP contribution in [0.3, 0.4) is 0 Å². The minimum Gasteiger partial charge on any atom is -0.481 e. The predicted molar refractivity (Wildman–Crippen MR) is 179 cm³/mol. The largest absolute Gasteiger partial charge is 0.481 e. The molecule has 0 aliphatic carbocycles. The van der Waals surface area contributed by atoms with Crippen LogP contribution >= 0.6 is 23.1 Å². The van der Waals surface area contributed by atoms with Gasteiger partial charge in [-0.25, -0.2) is 4.98 Å². The Balaban J connectivity index is 1.18. The Morgan fingerprint density at radius 1 is 0.891 bits per heavy atom. The number of fused-ring (bicyclic) bond motifs is 1. The van der Waals surface area contributed by atoms with Crippen LogP contribution in [0.4, 0.5) is 0 Å². The molecule has 1 aromatic heterocycles. The molecule has 2 heterocycles. The van der Waals surface area contributed by atoms with Crippen molar-refractivity contribution in [3.05, 3.63) is 119 Å². The van der Waals surface area contributed by atoms with E-state index in [2.05, 4.69) is 11.4 Å². The number of carbonyl (C=O) groups is 2. The molecule has 0 bridgehead atoms. The first-order valence-corrected chi connectivity index (χ1v) is 16.9. The van der Waals surface area contributed by atoms with E-state index in [-0.39, 0.29) is 37.6 Å². The Morgan fingerprint density at radius 3 is 2.39 bits per heavy atom. The maximum Gasteiger partial charge on any atom is 0.303 e. The SMILES string of the molecule is O=C(O)CCC(=O)NCc1ccccc1-c1ccc([C@H]2O[C@@H](CSc3nc4ccccc4s3)C[C@@H](c3ccc(CO)cc3)O2)cc1. The second-order valence-electron chi connectivity index (χ2n) is 11.1. The van der Waals surface area contributed by atoms with E-state index in [1.54, 1.807) is 23.1 Å². The van der Waals surface area contributed by atoms with Gasteiger partial charge in [0, 0.05) is 30.7 Å². The number of aromatic nitrogens is 1. The summed E-state index contributed by atoms with van der Waals surface area (Å²) in [6.07, 6.45) is -0.399. The molecular weight excluding hydrogens is 621 g/mol. The second kappa shape index (κ2) is 15.0. The molecule has 1 amide bonds. The van der Waals surface area contributed by atoms with Gasteiger partial charge in [0.1, 0.15) is 0 Å². The molecule has 4 aromatic carbocycles. The summed E-state index contributed by atoms with van der Waals surface area (Å²) in [4.78, 5) is 27.7. The van der Waals surface area contributed by atoms with E-state index in [1.807, 2.05) is 91.0 Å². The summed E-state index contributed by atoms with van der Waals surface area (Å²) in [6.45, 7) is 0.293. The van der Waals surface area contributed by atoms with Crippen molar-refractivity contribution in [2.24, 2.45) is 0 Å². The Bertz CT molecular complexity index is 1760. The number of nitrogens with zero attached hydrogens (tertiary/aromatic N) is 1. The zero-order chi connectivity index (χ0) is 31.9. The van der Waals surface area contributed by atoms with Crippen molar-refractivity contribution >= 4 is 45.2 Å². The van der Waals surface area contributed by atoms with Gasteiger partial charge >= 0.3 is 5.97 Å². The number of hydrogen-bond donors (Lipinski definition) is 3. The first kappa shape index (κ1) is 31.9. The molecule has 10 heteroatoms. The van der Waals surface area contributed by atoms with Crippen molar-refractivity contribution in [1.82, 2.24) is 10.3 Å². The number of benzene rings is 4. The molecule has 0 spiro atoms. The van der Waals surface area contributed by atoms with Gasteiger partial charge in [0.15, 0.2) is 10.6 Å². The van der Waals surface area contributed by atoms with Crippen LogP contribution in [0.15, 0.2) is 101 Å². The highest BCUT2D eigenvalue weighted by Gasteiger charge is 2.32. The van der Waals surface area contributed by atoms with Gasteiger partial charge in [-0.05, 0) is 39.9 Å². The van der Waals surface area contributed by atoms with Crippen LogP contribution in [0.1, 0.15) is 53.9 Å². The van der Waals surface area contributed by atoms with Crippen molar-refractivity contribution in [2.75, 3.05) is 5.75 Å². The number of amides is 1. The van der Waals surface area contributed by atoms with E-state index in [1.165, 1.54) is 4.70 Å². The maximum atomic E-state index is 12.1. The van der Waals surface area contributed by atoms with E-state index in [0.717, 1.165) is 49.0 Å². The predicted octanol–water partition coefficient (Wildman–Crippen LogP) is 7.27. The van der Waals surface area contributed by atoms with Crippen LogP contribution in [0.5, 0.6) is 0 Å². The number of para-hydroxylation sites is 1. The number of thioether (sulfide) groups is 1. The molecule has 8 nitrogen and oxygen atoms in total. The van der Waals surface area contributed by atoms with Crippen molar-refractivity contribution in [3.8, 4) is 11.1 Å². The topological polar surface area (TPSA) is 118 Å². The lowest BCUT2D eigenvalue weighted by molar-refractivity contribution is -0.245. The lowest BCUT2D eigenvalue weighted by atomic mass is 9.97. The van der Waals surface area contributed by atoms with Gasteiger partial charge in [0.2, 0.25) is 5.91 Å². The molecule has 3 N–H and O–H groups in total. The van der Waals surface area contributed by atoms with Crippen molar-refractivity contribution in [1.29, 1.82) is 0 Å². The first-order valence-electron chi connectivity index (χ1n) is 15.1. The van der Waals surface area contributed by atoms with Gasteiger partial charge in [-0.15, -0.1) is 11.3 Å². The van der Waals surface area contributed by atoms with Gasteiger partial charge in [-0.3, -0.25) is 9.59 Å². The maximum absolute atomic E-state index is 12.1. The number of ether oxygens (including phenoxy) is 2. The summed E-state index contributed by atoms with van der Waals surface area (Å²) < 4.78 is 15.3. The monoisotopic (exact) mass is 654 g/mol. The smallest absolute Gasteiger partial charge is 0.303 e. The number of thiazole rings is 1. The van der Waals surface area contributed by atoms with Crippen LogP contribution in [0.25, 0.3) is 21.3 Å². The molecule has 0 saturated carbocycles. The number of aliphatic carboxylic acids is 1. The standard InChI is InChI=1S/C36H34N2O6S2/c39-21-23-9-11-25(12-10-23)31-19-28(22-45-36-38-30-7-3-4-8-32(30)46-36)43-35(44-31)26-15-13-24(14-16-26)29-6-2-1-5-27(29)20-37-33(40)17-18-34(41)42/h1-16,28,31,35,39H,17-22H2,(H,37,40)(H,41,42)/t28-,31+,35+/m1/s1. The van der Waals surface area contributed by atoms with E-state index in [0.29, 0.717) is 13.0 Å². The van der Waals surface area contributed by atoms with Crippen LogP contribution in [-0.4, -0.2) is 38.9 Å². The zero-order valence-corrected chi connectivity index (χ0v) is 26.6. The van der Waals surface area contributed by atoms with Crippen LogP contribution in [0.2, 0.25) is 0 Å². The summed E-state index contributed by atoms with van der Waals surface area (Å²) in [5.41, 5.74) is 6.68. The highest BCUT2D eigenvalue weighted by molar-refractivity contribution is 8.01. The lowest BCUT2D eigenvalue weighted by Gasteiger charge is -2.36. The molecule has 0 radical (unpaired) electrons. The van der Waals surface area contributed by atoms with Gasteiger partial charge in [-0.2, -0.15) is 0 Å². The molecule has 1 fully saturated rings. The fraction of sp³-hybridized carbons (Fsp3) is 0.250. The van der Waals surface area contributed by atoms with Crippen molar-refractivity contribution in [3.63, 3.8) is 0 Å². The Kier molecular flexibility index (Phi) is 10.4. The normalized spacial score (nSPS) is 18.0. The van der Waals surface area contributed by atoms with Gasteiger partial charge in [0.25, 0.3) is 0 Å². The van der Waals surface area contributed by atoms with E-state index in [9.17, 15) is 14.7 Å². The lowest BCUT2D eigenvalue weighted by Crippen LogP contribution is -2.31. The molecule has 3 atom stereocenters. The van der Waals surface area contributed by atoms with Crippen LogP contribution in [-0.2, 0) is 32.2 Å². The van der Waals surface area contributed by atoms with Gasteiger partial charge in [-0.1, -0.05) is 96.7 Å². The highest BCUT2D eigenvalue weighted by Crippen LogP contribution is 2.40. The summed E-state index contributed by atoms with van der Waals surface area (Å²) in [5.74, 6) is -0.560. The molecule has 0 unspecified atom stereocenters. The number of carboxylic acids is 1.